The van der Waals surface area contributed by atoms with Gasteiger partial charge in [-0.3, -0.25) is 4.79 Å². The number of hydrogen-bond donors (Lipinski definition) is 2. The van der Waals surface area contributed by atoms with E-state index in [0.29, 0.717) is 27.5 Å². The van der Waals surface area contributed by atoms with Crippen LogP contribution in [-0.4, -0.2) is 17.6 Å². The summed E-state index contributed by atoms with van der Waals surface area (Å²) in [7, 11) is 0. The fourth-order valence-electron chi connectivity index (χ4n) is 2.17. The van der Waals surface area contributed by atoms with Gasteiger partial charge in [0.1, 0.15) is 28.1 Å². The molecular formula is C15H16N2O3S. The summed E-state index contributed by atoms with van der Waals surface area (Å²) in [5.41, 5.74) is -0.249. The molecule has 1 atom stereocenters. The number of thiophene rings is 1. The molecule has 1 amide bonds. The molecule has 2 rings (SSSR count). The topological polar surface area (TPSA) is 86.3 Å². The number of carbonyl (C=O) groups excluding carboxylic acids is 1. The second-order valence-corrected chi connectivity index (χ2v) is 5.97. The Bertz CT molecular complexity index is 707. The maximum absolute atomic E-state index is 12.1. The number of amides is 1. The average molecular weight is 304 g/mol. The minimum Gasteiger partial charge on any atom is -0.466 e. The van der Waals surface area contributed by atoms with Crippen LogP contribution in [0.15, 0.2) is 21.9 Å². The zero-order valence-corrected chi connectivity index (χ0v) is 12.9. The fourth-order valence-corrected chi connectivity index (χ4v) is 2.93. The molecule has 5 nitrogen and oxygen atoms in total. The number of hydrogen-bond acceptors (Lipinski definition) is 5. The van der Waals surface area contributed by atoms with Crippen LogP contribution in [-0.2, 0) is 5.60 Å². The van der Waals surface area contributed by atoms with Crippen LogP contribution in [0, 0.1) is 25.2 Å². The molecule has 0 aromatic carbocycles. The van der Waals surface area contributed by atoms with E-state index in [1.165, 1.54) is 11.3 Å². The molecule has 1 unspecified atom stereocenters. The van der Waals surface area contributed by atoms with Gasteiger partial charge in [0.15, 0.2) is 0 Å². The lowest BCUT2D eigenvalue weighted by Crippen LogP contribution is -2.38. The molecule has 21 heavy (non-hydrogen) atoms. The highest BCUT2D eigenvalue weighted by atomic mass is 32.1. The smallest absolute Gasteiger partial charge is 0.262 e. The Labute approximate surface area is 126 Å². The summed E-state index contributed by atoms with van der Waals surface area (Å²) >= 11 is 1.20. The molecule has 0 aliphatic rings. The number of nitriles is 1. The van der Waals surface area contributed by atoms with Crippen LogP contribution in [0.1, 0.15) is 39.2 Å². The Balaban J connectivity index is 2.10. The first kappa shape index (κ1) is 15.3. The van der Waals surface area contributed by atoms with E-state index < -0.39 is 5.60 Å². The van der Waals surface area contributed by atoms with Crippen molar-refractivity contribution in [2.75, 3.05) is 6.54 Å². The molecule has 110 valence electrons. The second-order valence-electron chi connectivity index (χ2n) is 5.06. The highest BCUT2D eigenvalue weighted by Gasteiger charge is 2.28. The minimum absolute atomic E-state index is 0.0361. The first-order chi connectivity index (χ1) is 9.85. The summed E-state index contributed by atoms with van der Waals surface area (Å²) in [6.07, 6.45) is 0. The number of nitrogens with one attached hydrogen (secondary N) is 1. The van der Waals surface area contributed by atoms with Crippen molar-refractivity contribution in [2.24, 2.45) is 0 Å². The molecule has 0 spiro atoms. The summed E-state index contributed by atoms with van der Waals surface area (Å²) in [4.78, 5) is 12.4. The Morgan fingerprint density at radius 1 is 1.57 bits per heavy atom. The van der Waals surface area contributed by atoms with Gasteiger partial charge in [0.25, 0.3) is 5.91 Å². The van der Waals surface area contributed by atoms with Crippen LogP contribution in [0.25, 0.3) is 0 Å². The SMILES string of the molecule is Cc1cc(C(C)(O)CNC(=O)c2sccc2C#N)c(C)o1. The van der Waals surface area contributed by atoms with Gasteiger partial charge in [-0.25, -0.2) is 0 Å². The fraction of sp³-hybridized carbons (Fsp3) is 0.333. The van der Waals surface area contributed by atoms with Crippen LogP contribution >= 0.6 is 11.3 Å². The monoisotopic (exact) mass is 304 g/mol. The molecular weight excluding hydrogens is 288 g/mol. The molecule has 6 heteroatoms. The van der Waals surface area contributed by atoms with Crippen molar-refractivity contribution in [1.82, 2.24) is 5.32 Å². The zero-order valence-electron chi connectivity index (χ0n) is 12.1. The molecule has 0 saturated heterocycles. The van der Waals surface area contributed by atoms with Crippen LogP contribution in [0.2, 0.25) is 0 Å². The summed E-state index contributed by atoms with van der Waals surface area (Å²) in [5, 5.41) is 23.8. The number of nitrogens with zero attached hydrogens (tertiary/aromatic N) is 1. The van der Waals surface area contributed by atoms with Crippen molar-refractivity contribution in [3.05, 3.63) is 45.0 Å². The maximum atomic E-state index is 12.1. The normalized spacial score (nSPS) is 13.5. The molecule has 2 N–H and O–H groups in total. The highest BCUT2D eigenvalue weighted by Crippen LogP contribution is 2.26. The molecule has 2 aromatic heterocycles. The van der Waals surface area contributed by atoms with Gasteiger partial charge >= 0.3 is 0 Å². The van der Waals surface area contributed by atoms with Crippen molar-refractivity contribution in [3.63, 3.8) is 0 Å². The minimum atomic E-state index is -1.23. The van der Waals surface area contributed by atoms with Gasteiger partial charge in [-0.1, -0.05) is 0 Å². The molecule has 2 aromatic rings. The van der Waals surface area contributed by atoms with E-state index in [-0.39, 0.29) is 12.5 Å². The Morgan fingerprint density at radius 3 is 2.86 bits per heavy atom. The van der Waals surface area contributed by atoms with E-state index in [1.54, 1.807) is 38.3 Å². The molecule has 0 bridgehead atoms. The lowest BCUT2D eigenvalue weighted by atomic mass is 9.96. The van der Waals surface area contributed by atoms with Gasteiger partial charge in [0.2, 0.25) is 0 Å². The van der Waals surface area contributed by atoms with Gasteiger partial charge in [-0.15, -0.1) is 11.3 Å². The molecule has 0 aliphatic heterocycles. The van der Waals surface area contributed by atoms with Crippen molar-refractivity contribution in [3.8, 4) is 6.07 Å². The summed E-state index contributed by atoms with van der Waals surface area (Å²) in [5.74, 6) is 0.972. The lowest BCUT2D eigenvalue weighted by Gasteiger charge is -2.23. The Kier molecular flexibility index (Phi) is 4.16. The lowest BCUT2D eigenvalue weighted by molar-refractivity contribution is 0.0515. The molecule has 0 fully saturated rings. The van der Waals surface area contributed by atoms with Crippen LogP contribution in [0.5, 0.6) is 0 Å². The summed E-state index contributed by atoms with van der Waals surface area (Å²) < 4.78 is 5.40. The van der Waals surface area contributed by atoms with Gasteiger partial charge in [0.05, 0.1) is 12.1 Å². The predicted octanol–water partition coefficient (Wildman–Crippen LogP) is 2.47. The average Bonchev–Trinajstić information content (AvgIpc) is 3.02. The van der Waals surface area contributed by atoms with Crippen molar-refractivity contribution < 1.29 is 14.3 Å². The third-order valence-electron chi connectivity index (χ3n) is 3.21. The van der Waals surface area contributed by atoms with Gasteiger partial charge in [0, 0.05) is 5.56 Å². The Morgan fingerprint density at radius 2 is 2.29 bits per heavy atom. The number of carbonyl (C=O) groups is 1. The van der Waals surface area contributed by atoms with Crippen LogP contribution < -0.4 is 5.32 Å². The third kappa shape index (κ3) is 3.15. The molecule has 0 aliphatic carbocycles. The van der Waals surface area contributed by atoms with Gasteiger partial charge in [-0.05, 0) is 38.3 Å². The number of aryl methyl sites for hydroxylation is 2. The first-order valence-electron chi connectivity index (χ1n) is 6.41. The maximum Gasteiger partial charge on any atom is 0.262 e. The van der Waals surface area contributed by atoms with E-state index in [0.717, 1.165) is 0 Å². The van der Waals surface area contributed by atoms with Crippen molar-refractivity contribution >= 4 is 17.2 Å². The van der Waals surface area contributed by atoms with E-state index in [9.17, 15) is 9.90 Å². The van der Waals surface area contributed by atoms with Crippen LogP contribution in [0.3, 0.4) is 0 Å². The molecule has 2 heterocycles. The number of furan rings is 1. The molecule has 0 radical (unpaired) electrons. The van der Waals surface area contributed by atoms with Gasteiger partial charge < -0.3 is 14.8 Å². The zero-order chi connectivity index (χ0) is 15.6. The standard InChI is InChI=1S/C15H16N2O3S/c1-9-6-12(10(2)20-9)15(3,19)8-17-14(18)13-11(7-16)4-5-21-13/h4-6,19H,8H2,1-3H3,(H,17,18). The summed E-state index contributed by atoms with van der Waals surface area (Å²) in [6.45, 7) is 5.22. The van der Waals surface area contributed by atoms with E-state index in [1.807, 2.05) is 6.07 Å². The van der Waals surface area contributed by atoms with Crippen molar-refractivity contribution in [2.45, 2.75) is 26.4 Å². The number of aliphatic hydroxyl groups is 1. The van der Waals surface area contributed by atoms with E-state index >= 15 is 0 Å². The summed E-state index contributed by atoms with van der Waals surface area (Å²) in [6, 6.07) is 5.33. The largest absolute Gasteiger partial charge is 0.466 e. The van der Waals surface area contributed by atoms with Crippen LogP contribution in [0.4, 0.5) is 0 Å². The predicted molar refractivity (Wildman–Crippen MR) is 79.1 cm³/mol. The third-order valence-corrected chi connectivity index (χ3v) is 4.12. The number of rotatable bonds is 4. The second kappa shape index (κ2) is 5.72. The van der Waals surface area contributed by atoms with E-state index in [2.05, 4.69) is 5.32 Å². The van der Waals surface area contributed by atoms with Crippen molar-refractivity contribution in [1.29, 1.82) is 5.26 Å². The van der Waals surface area contributed by atoms with Gasteiger partial charge in [-0.2, -0.15) is 5.26 Å². The quantitative estimate of drug-likeness (QED) is 0.908. The highest BCUT2D eigenvalue weighted by molar-refractivity contribution is 7.12. The van der Waals surface area contributed by atoms with E-state index in [4.69, 9.17) is 9.68 Å². The Hall–Kier alpha value is -2.10. The molecule has 0 saturated carbocycles. The first-order valence-corrected chi connectivity index (χ1v) is 7.29.